The van der Waals surface area contributed by atoms with E-state index in [1.807, 2.05) is 13.8 Å². The third-order valence-electron chi connectivity index (χ3n) is 4.86. The summed E-state index contributed by atoms with van der Waals surface area (Å²) in [6, 6.07) is 0. The normalized spacial score (nSPS) is 11.6. The van der Waals surface area contributed by atoms with Crippen LogP contribution in [0.15, 0.2) is 0 Å². The molecular weight excluding hydrogens is 276 g/mol. The Morgan fingerprint density at radius 3 is 1.82 bits per heavy atom. The maximum atomic E-state index is 11.7. The standard InChI is InChI=1S/C19H38O3/c1-4-7-8-9-10-11-12-13-14-15-18(21)22-17-19(5-2,6-3)16-20/h20H,4-17H2,1-3H3. The Balaban J connectivity index is 3.54. The zero-order valence-corrected chi connectivity index (χ0v) is 15.2. The lowest BCUT2D eigenvalue weighted by Crippen LogP contribution is -2.31. The molecular formula is C19H38O3. The number of carbonyl (C=O) groups excluding carboxylic acids is 1. The van der Waals surface area contributed by atoms with Crippen LogP contribution in [0.3, 0.4) is 0 Å². The lowest BCUT2D eigenvalue weighted by Gasteiger charge is -2.28. The number of ether oxygens (including phenoxy) is 1. The van der Waals surface area contributed by atoms with Gasteiger partial charge in [-0.15, -0.1) is 0 Å². The molecule has 1 N–H and O–H groups in total. The molecule has 0 aromatic heterocycles. The fourth-order valence-corrected chi connectivity index (χ4v) is 2.61. The summed E-state index contributed by atoms with van der Waals surface area (Å²) in [6.45, 7) is 6.75. The van der Waals surface area contributed by atoms with Gasteiger partial charge < -0.3 is 9.84 Å². The first-order chi connectivity index (χ1) is 10.6. The number of hydrogen-bond acceptors (Lipinski definition) is 3. The van der Waals surface area contributed by atoms with Crippen LogP contribution in [0.4, 0.5) is 0 Å². The number of esters is 1. The average molecular weight is 315 g/mol. The van der Waals surface area contributed by atoms with Gasteiger partial charge in [0.05, 0.1) is 13.2 Å². The Labute approximate surface area is 137 Å². The maximum Gasteiger partial charge on any atom is 0.305 e. The third-order valence-corrected chi connectivity index (χ3v) is 4.86. The second-order valence-electron chi connectivity index (χ2n) is 6.60. The van der Waals surface area contributed by atoms with Crippen LogP contribution in [-0.4, -0.2) is 24.3 Å². The first kappa shape index (κ1) is 21.4. The van der Waals surface area contributed by atoms with Crippen molar-refractivity contribution in [2.45, 2.75) is 97.8 Å². The van der Waals surface area contributed by atoms with E-state index in [-0.39, 0.29) is 18.0 Å². The molecule has 3 nitrogen and oxygen atoms in total. The molecule has 3 heteroatoms. The summed E-state index contributed by atoms with van der Waals surface area (Å²) in [5.74, 6) is -0.109. The third kappa shape index (κ3) is 10.2. The molecule has 0 heterocycles. The van der Waals surface area contributed by atoms with Crippen molar-refractivity contribution in [3.8, 4) is 0 Å². The van der Waals surface area contributed by atoms with Crippen LogP contribution in [0.1, 0.15) is 97.8 Å². The Hall–Kier alpha value is -0.570. The topological polar surface area (TPSA) is 46.5 Å². The summed E-state index contributed by atoms with van der Waals surface area (Å²) < 4.78 is 5.35. The van der Waals surface area contributed by atoms with E-state index in [4.69, 9.17) is 4.74 Å². The second-order valence-corrected chi connectivity index (χ2v) is 6.60. The minimum Gasteiger partial charge on any atom is -0.465 e. The Morgan fingerprint density at radius 1 is 0.864 bits per heavy atom. The SMILES string of the molecule is CCCCCCCCCCCC(=O)OCC(CC)(CC)CO. The number of hydrogen-bond donors (Lipinski definition) is 1. The Morgan fingerprint density at radius 2 is 1.36 bits per heavy atom. The predicted octanol–water partition coefficient (Wildman–Crippen LogP) is 5.25. The fourth-order valence-electron chi connectivity index (χ4n) is 2.61. The molecule has 0 aromatic rings. The highest BCUT2D eigenvalue weighted by Gasteiger charge is 2.27. The van der Waals surface area contributed by atoms with Crippen LogP contribution in [0.25, 0.3) is 0 Å². The van der Waals surface area contributed by atoms with Gasteiger partial charge >= 0.3 is 5.97 Å². The van der Waals surface area contributed by atoms with Crippen LogP contribution in [0.5, 0.6) is 0 Å². The summed E-state index contributed by atoms with van der Waals surface area (Å²) in [6.07, 6.45) is 13.5. The summed E-state index contributed by atoms with van der Waals surface area (Å²) in [4.78, 5) is 11.7. The highest BCUT2D eigenvalue weighted by molar-refractivity contribution is 5.69. The van der Waals surface area contributed by atoms with E-state index in [9.17, 15) is 9.90 Å². The number of rotatable bonds is 15. The smallest absolute Gasteiger partial charge is 0.305 e. The molecule has 22 heavy (non-hydrogen) atoms. The van der Waals surface area contributed by atoms with E-state index in [1.165, 1.54) is 44.9 Å². The molecule has 0 unspecified atom stereocenters. The van der Waals surface area contributed by atoms with E-state index in [0.29, 0.717) is 13.0 Å². The van der Waals surface area contributed by atoms with Crippen molar-refractivity contribution in [3.05, 3.63) is 0 Å². The molecule has 0 aliphatic rings. The molecule has 0 saturated carbocycles. The molecule has 0 rings (SSSR count). The average Bonchev–Trinajstić information content (AvgIpc) is 2.55. The highest BCUT2D eigenvalue weighted by atomic mass is 16.5. The molecule has 132 valence electrons. The van der Waals surface area contributed by atoms with Gasteiger partial charge in [-0.25, -0.2) is 0 Å². The number of aliphatic hydroxyl groups is 1. The molecule has 0 spiro atoms. The number of carbonyl (C=O) groups is 1. The molecule has 0 radical (unpaired) electrons. The molecule has 0 aliphatic carbocycles. The summed E-state index contributed by atoms with van der Waals surface area (Å²) in [5, 5.41) is 9.45. The molecule has 0 saturated heterocycles. The van der Waals surface area contributed by atoms with Crippen LogP contribution in [-0.2, 0) is 9.53 Å². The van der Waals surface area contributed by atoms with Crippen molar-refractivity contribution in [1.29, 1.82) is 0 Å². The molecule has 0 fully saturated rings. The van der Waals surface area contributed by atoms with Gasteiger partial charge in [0, 0.05) is 11.8 Å². The summed E-state index contributed by atoms with van der Waals surface area (Å²) >= 11 is 0. The minimum absolute atomic E-state index is 0.0886. The largest absolute Gasteiger partial charge is 0.465 e. The number of aliphatic hydroxyl groups excluding tert-OH is 1. The molecule has 0 atom stereocenters. The Kier molecular flexibility index (Phi) is 13.7. The fraction of sp³-hybridized carbons (Fsp3) is 0.947. The van der Waals surface area contributed by atoms with Gasteiger partial charge in [-0.2, -0.15) is 0 Å². The molecule has 0 aliphatic heterocycles. The van der Waals surface area contributed by atoms with Crippen molar-refractivity contribution in [2.24, 2.45) is 5.41 Å². The van der Waals surface area contributed by atoms with E-state index in [2.05, 4.69) is 6.92 Å². The second kappa shape index (κ2) is 14.0. The Bertz CT molecular complexity index is 251. The zero-order valence-electron chi connectivity index (χ0n) is 15.2. The van der Waals surface area contributed by atoms with E-state index >= 15 is 0 Å². The van der Waals surface area contributed by atoms with Crippen molar-refractivity contribution in [2.75, 3.05) is 13.2 Å². The summed E-state index contributed by atoms with van der Waals surface area (Å²) in [5.41, 5.74) is -0.242. The van der Waals surface area contributed by atoms with Crippen LogP contribution < -0.4 is 0 Å². The minimum atomic E-state index is -0.242. The van der Waals surface area contributed by atoms with Gasteiger partial charge in [-0.3, -0.25) is 4.79 Å². The van der Waals surface area contributed by atoms with Crippen molar-refractivity contribution < 1.29 is 14.6 Å². The van der Waals surface area contributed by atoms with Crippen molar-refractivity contribution in [1.82, 2.24) is 0 Å². The van der Waals surface area contributed by atoms with E-state index in [1.54, 1.807) is 0 Å². The quantitative estimate of drug-likeness (QED) is 0.332. The predicted molar refractivity (Wildman–Crippen MR) is 92.9 cm³/mol. The maximum absolute atomic E-state index is 11.7. The first-order valence-electron chi connectivity index (χ1n) is 9.40. The molecule has 0 aromatic carbocycles. The van der Waals surface area contributed by atoms with Crippen LogP contribution in [0.2, 0.25) is 0 Å². The van der Waals surface area contributed by atoms with Gasteiger partial charge in [-0.1, -0.05) is 72.1 Å². The molecule has 0 bridgehead atoms. The first-order valence-corrected chi connectivity index (χ1v) is 9.40. The van der Waals surface area contributed by atoms with Gasteiger partial charge in [0.25, 0.3) is 0 Å². The molecule has 0 amide bonds. The highest BCUT2D eigenvalue weighted by Crippen LogP contribution is 2.26. The van der Waals surface area contributed by atoms with Gasteiger partial charge in [0.15, 0.2) is 0 Å². The van der Waals surface area contributed by atoms with Crippen molar-refractivity contribution in [3.63, 3.8) is 0 Å². The van der Waals surface area contributed by atoms with Crippen molar-refractivity contribution >= 4 is 5.97 Å². The lowest BCUT2D eigenvalue weighted by atomic mass is 9.84. The van der Waals surface area contributed by atoms with Gasteiger partial charge in [0.2, 0.25) is 0 Å². The zero-order chi connectivity index (χ0) is 16.7. The lowest BCUT2D eigenvalue weighted by molar-refractivity contribution is -0.148. The van der Waals surface area contributed by atoms with Crippen LogP contribution in [0, 0.1) is 5.41 Å². The monoisotopic (exact) mass is 314 g/mol. The van der Waals surface area contributed by atoms with Crippen LogP contribution >= 0.6 is 0 Å². The summed E-state index contributed by atoms with van der Waals surface area (Å²) in [7, 11) is 0. The van der Waals surface area contributed by atoms with Gasteiger partial charge in [-0.05, 0) is 19.3 Å². The van der Waals surface area contributed by atoms with E-state index in [0.717, 1.165) is 25.7 Å². The van der Waals surface area contributed by atoms with E-state index < -0.39 is 0 Å². The van der Waals surface area contributed by atoms with Gasteiger partial charge in [0.1, 0.15) is 0 Å². The number of unbranched alkanes of at least 4 members (excludes halogenated alkanes) is 8.